The van der Waals surface area contributed by atoms with Gasteiger partial charge >= 0.3 is 0 Å². The lowest BCUT2D eigenvalue weighted by atomic mass is 10.2. The number of hydrogen-bond acceptors (Lipinski definition) is 4. The largest absolute Gasteiger partial charge is 0.384 e. The molecule has 0 fully saturated rings. The Hall–Kier alpha value is -1.13. The Morgan fingerprint density at radius 2 is 2.25 bits per heavy atom. The first-order chi connectivity index (χ1) is 7.81. The van der Waals surface area contributed by atoms with Gasteiger partial charge in [-0.3, -0.25) is 0 Å². The van der Waals surface area contributed by atoms with Gasteiger partial charge in [-0.1, -0.05) is 19.1 Å². The minimum Gasteiger partial charge on any atom is -0.384 e. The second-order valence-electron chi connectivity index (χ2n) is 3.97. The first-order valence-electron chi connectivity index (χ1n) is 5.38. The lowest BCUT2D eigenvalue weighted by Gasteiger charge is -2.10. The molecule has 0 saturated heterocycles. The third-order valence-electron chi connectivity index (χ3n) is 2.45. The molecule has 0 aliphatic heterocycles. The summed E-state index contributed by atoms with van der Waals surface area (Å²) >= 11 is 1.52. The normalized spacial score (nSPS) is 12.9. The zero-order valence-electron chi connectivity index (χ0n) is 9.56. The molecule has 0 saturated carbocycles. The Balaban J connectivity index is 2.04. The average molecular weight is 236 g/mol. The van der Waals surface area contributed by atoms with Crippen LogP contribution in [0, 0.1) is 5.92 Å². The summed E-state index contributed by atoms with van der Waals surface area (Å²) in [5.41, 5.74) is 1.06. The van der Waals surface area contributed by atoms with Crippen molar-refractivity contribution >= 4 is 27.4 Å². The van der Waals surface area contributed by atoms with E-state index in [0.29, 0.717) is 5.92 Å². The van der Waals surface area contributed by atoms with Crippen LogP contribution in [0.5, 0.6) is 0 Å². The van der Waals surface area contributed by atoms with Crippen molar-refractivity contribution in [2.24, 2.45) is 5.92 Å². The third kappa shape index (κ3) is 2.51. The molecule has 0 aliphatic rings. The Kier molecular flexibility index (Phi) is 3.74. The highest BCUT2D eigenvalue weighted by Crippen LogP contribution is 2.27. The van der Waals surface area contributed by atoms with E-state index in [1.807, 2.05) is 18.2 Å². The molecule has 2 aromatic rings. The van der Waals surface area contributed by atoms with Crippen molar-refractivity contribution in [1.82, 2.24) is 4.37 Å². The maximum absolute atomic E-state index is 5.11. The highest BCUT2D eigenvalue weighted by atomic mass is 32.1. The fourth-order valence-corrected chi connectivity index (χ4v) is 2.39. The van der Waals surface area contributed by atoms with Gasteiger partial charge in [0, 0.05) is 19.0 Å². The summed E-state index contributed by atoms with van der Waals surface area (Å²) in [5, 5.41) is 5.79. The molecule has 0 bridgehead atoms. The molecule has 0 amide bonds. The molecule has 0 radical (unpaired) electrons. The van der Waals surface area contributed by atoms with Crippen LogP contribution in [0.4, 0.5) is 5.00 Å². The van der Waals surface area contributed by atoms with E-state index in [2.05, 4.69) is 22.7 Å². The number of nitrogens with one attached hydrogen (secondary N) is 1. The van der Waals surface area contributed by atoms with Crippen LogP contribution in [-0.2, 0) is 4.74 Å². The Morgan fingerprint density at radius 1 is 1.44 bits per heavy atom. The number of hydrogen-bond donors (Lipinski definition) is 1. The van der Waals surface area contributed by atoms with Crippen molar-refractivity contribution in [1.29, 1.82) is 0 Å². The Morgan fingerprint density at radius 3 is 3.06 bits per heavy atom. The summed E-state index contributed by atoms with van der Waals surface area (Å²) in [6.45, 7) is 3.86. The number of methoxy groups -OCH3 is 1. The van der Waals surface area contributed by atoms with Crippen molar-refractivity contribution < 1.29 is 4.74 Å². The van der Waals surface area contributed by atoms with Gasteiger partial charge in [0.25, 0.3) is 0 Å². The van der Waals surface area contributed by atoms with Crippen LogP contribution in [0.25, 0.3) is 10.9 Å². The molecule has 1 N–H and O–H groups in total. The van der Waals surface area contributed by atoms with E-state index in [-0.39, 0.29) is 0 Å². The quantitative estimate of drug-likeness (QED) is 0.866. The number of benzene rings is 1. The van der Waals surface area contributed by atoms with Crippen LogP contribution in [0.3, 0.4) is 0 Å². The van der Waals surface area contributed by atoms with Gasteiger partial charge in [-0.05, 0) is 29.6 Å². The Labute approximate surface area is 99.6 Å². The SMILES string of the molecule is COCC(C)CNc1snc2ccccc12. The van der Waals surface area contributed by atoms with Crippen molar-refractivity contribution in [3.63, 3.8) is 0 Å². The summed E-state index contributed by atoms with van der Waals surface area (Å²) in [6.07, 6.45) is 0. The lowest BCUT2D eigenvalue weighted by Crippen LogP contribution is -2.15. The molecule has 1 aromatic carbocycles. The summed E-state index contributed by atoms with van der Waals surface area (Å²) < 4.78 is 9.50. The molecule has 16 heavy (non-hydrogen) atoms. The van der Waals surface area contributed by atoms with E-state index in [0.717, 1.165) is 23.7 Å². The van der Waals surface area contributed by atoms with E-state index < -0.39 is 0 Å². The molecule has 0 spiro atoms. The molecular weight excluding hydrogens is 220 g/mol. The molecule has 1 aromatic heterocycles. The van der Waals surface area contributed by atoms with E-state index in [4.69, 9.17) is 4.74 Å². The standard InChI is InChI=1S/C12H16N2OS/c1-9(8-15-2)7-13-12-10-5-3-4-6-11(10)14-16-12/h3-6,9,13H,7-8H2,1-2H3. The fourth-order valence-electron chi connectivity index (χ4n) is 1.63. The molecule has 2 rings (SSSR count). The van der Waals surface area contributed by atoms with Gasteiger partial charge in [0.2, 0.25) is 0 Å². The van der Waals surface area contributed by atoms with E-state index in [1.165, 1.54) is 16.9 Å². The minimum atomic E-state index is 0.505. The van der Waals surface area contributed by atoms with E-state index in [1.54, 1.807) is 7.11 Å². The number of aromatic nitrogens is 1. The van der Waals surface area contributed by atoms with Crippen molar-refractivity contribution in [2.45, 2.75) is 6.92 Å². The molecule has 4 heteroatoms. The maximum atomic E-state index is 5.11. The molecular formula is C12H16N2OS. The van der Waals surface area contributed by atoms with Crippen LogP contribution >= 0.6 is 11.5 Å². The van der Waals surface area contributed by atoms with Crippen molar-refractivity contribution in [3.8, 4) is 0 Å². The zero-order chi connectivity index (χ0) is 11.4. The number of anilines is 1. The highest BCUT2D eigenvalue weighted by molar-refractivity contribution is 7.11. The van der Waals surface area contributed by atoms with Gasteiger partial charge < -0.3 is 10.1 Å². The summed E-state index contributed by atoms with van der Waals surface area (Å²) in [5.74, 6) is 0.505. The molecule has 1 unspecified atom stereocenters. The molecule has 0 aliphatic carbocycles. The third-order valence-corrected chi connectivity index (χ3v) is 3.28. The smallest absolute Gasteiger partial charge is 0.117 e. The zero-order valence-corrected chi connectivity index (χ0v) is 10.4. The van der Waals surface area contributed by atoms with E-state index in [9.17, 15) is 0 Å². The molecule has 1 atom stereocenters. The lowest BCUT2D eigenvalue weighted by molar-refractivity contribution is 0.164. The van der Waals surface area contributed by atoms with Crippen LogP contribution in [0.2, 0.25) is 0 Å². The van der Waals surface area contributed by atoms with Gasteiger partial charge in [-0.2, -0.15) is 4.37 Å². The topological polar surface area (TPSA) is 34.1 Å². The van der Waals surface area contributed by atoms with Crippen LogP contribution in [0.1, 0.15) is 6.92 Å². The number of ether oxygens (including phenoxy) is 1. The van der Waals surface area contributed by atoms with Crippen molar-refractivity contribution in [2.75, 3.05) is 25.6 Å². The van der Waals surface area contributed by atoms with Gasteiger partial charge in [0.1, 0.15) is 5.00 Å². The summed E-state index contributed by atoms with van der Waals surface area (Å²) in [6, 6.07) is 8.19. The summed E-state index contributed by atoms with van der Waals surface area (Å²) in [4.78, 5) is 0. The fraction of sp³-hybridized carbons (Fsp3) is 0.417. The predicted octanol–water partition coefficient (Wildman–Crippen LogP) is 2.99. The minimum absolute atomic E-state index is 0.505. The monoisotopic (exact) mass is 236 g/mol. The highest BCUT2D eigenvalue weighted by Gasteiger charge is 2.06. The van der Waals surface area contributed by atoms with Gasteiger partial charge in [-0.15, -0.1) is 0 Å². The maximum Gasteiger partial charge on any atom is 0.117 e. The number of rotatable bonds is 5. The van der Waals surface area contributed by atoms with Crippen LogP contribution in [0.15, 0.2) is 24.3 Å². The van der Waals surface area contributed by atoms with Gasteiger partial charge in [-0.25, -0.2) is 0 Å². The second kappa shape index (κ2) is 5.27. The first-order valence-corrected chi connectivity index (χ1v) is 6.16. The number of fused-ring (bicyclic) bond motifs is 1. The average Bonchev–Trinajstić information content (AvgIpc) is 2.70. The van der Waals surface area contributed by atoms with Crippen LogP contribution < -0.4 is 5.32 Å². The molecule has 1 heterocycles. The molecule has 3 nitrogen and oxygen atoms in total. The molecule has 86 valence electrons. The van der Waals surface area contributed by atoms with Crippen molar-refractivity contribution in [3.05, 3.63) is 24.3 Å². The van der Waals surface area contributed by atoms with Gasteiger partial charge in [0.15, 0.2) is 0 Å². The summed E-state index contributed by atoms with van der Waals surface area (Å²) in [7, 11) is 1.73. The predicted molar refractivity (Wildman–Crippen MR) is 69.1 cm³/mol. The first kappa shape index (κ1) is 11.4. The Bertz CT molecular complexity index is 455. The second-order valence-corrected chi connectivity index (χ2v) is 4.74. The van der Waals surface area contributed by atoms with Crippen LogP contribution in [-0.4, -0.2) is 24.6 Å². The van der Waals surface area contributed by atoms with E-state index >= 15 is 0 Å². The van der Waals surface area contributed by atoms with Gasteiger partial charge in [0.05, 0.1) is 12.1 Å². The number of nitrogens with zero attached hydrogens (tertiary/aromatic N) is 1.